The van der Waals surface area contributed by atoms with Gasteiger partial charge in [0.15, 0.2) is 11.5 Å². The number of carbonyl (C=O) groups excluding carboxylic acids is 1. The Morgan fingerprint density at radius 3 is 2.74 bits per heavy atom. The van der Waals surface area contributed by atoms with Crippen LogP contribution < -0.4 is 24.3 Å². The van der Waals surface area contributed by atoms with Crippen molar-refractivity contribution in [3.05, 3.63) is 47.0 Å². The largest absolute Gasteiger partial charge is 0.494 e. The van der Waals surface area contributed by atoms with E-state index in [1.54, 1.807) is 25.3 Å². The van der Waals surface area contributed by atoms with Crippen molar-refractivity contribution >= 4 is 5.91 Å². The fourth-order valence-electron chi connectivity index (χ4n) is 3.25. The maximum atomic E-state index is 12.7. The van der Waals surface area contributed by atoms with Crippen LogP contribution in [-0.2, 0) is 13.0 Å². The Hall–Kier alpha value is -2.89. The number of hydrogen-bond acceptors (Lipinski definition) is 5. The van der Waals surface area contributed by atoms with Gasteiger partial charge in [-0.05, 0) is 38.1 Å². The summed E-state index contributed by atoms with van der Waals surface area (Å²) in [6, 6.07) is 9.17. The summed E-state index contributed by atoms with van der Waals surface area (Å²) in [6.45, 7) is 4.85. The summed E-state index contributed by atoms with van der Waals surface area (Å²) in [4.78, 5) is 12.7. The van der Waals surface area contributed by atoms with Crippen molar-refractivity contribution < 1.29 is 23.7 Å². The van der Waals surface area contributed by atoms with Gasteiger partial charge in [-0.3, -0.25) is 4.79 Å². The maximum absolute atomic E-state index is 12.7. The molecule has 0 aliphatic carbocycles. The molecule has 1 atom stereocenters. The molecular weight excluding hydrogens is 346 g/mol. The van der Waals surface area contributed by atoms with Gasteiger partial charge >= 0.3 is 0 Å². The standard InChI is InChI=1S/C21H25NO5/c1-5-26-18-10-14-9-13(2)27-19(14)11-15(18)12-22-21(23)16-7-6-8-17(24-3)20(16)25-4/h6-8,10-11,13H,5,9,12H2,1-4H3,(H,22,23)/t13-/m0/s1. The Bertz CT molecular complexity index is 834. The van der Waals surface area contributed by atoms with Crippen molar-refractivity contribution in [3.8, 4) is 23.0 Å². The third-order valence-electron chi connectivity index (χ3n) is 4.47. The number of ether oxygens (including phenoxy) is 4. The van der Waals surface area contributed by atoms with Crippen molar-refractivity contribution in [2.75, 3.05) is 20.8 Å². The van der Waals surface area contributed by atoms with Gasteiger partial charge in [0.2, 0.25) is 0 Å². The second-order valence-corrected chi connectivity index (χ2v) is 6.36. The summed E-state index contributed by atoms with van der Waals surface area (Å²) in [7, 11) is 3.06. The molecule has 1 aliphatic rings. The van der Waals surface area contributed by atoms with E-state index in [1.165, 1.54) is 7.11 Å². The van der Waals surface area contributed by atoms with Gasteiger partial charge in [0, 0.05) is 24.1 Å². The molecule has 1 amide bonds. The van der Waals surface area contributed by atoms with E-state index in [2.05, 4.69) is 5.32 Å². The van der Waals surface area contributed by atoms with Crippen molar-refractivity contribution in [3.63, 3.8) is 0 Å². The van der Waals surface area contributed by atoms with Crippen LogP contribution in [0, 0.1) is 0 Å². The van der Waals surface area contributed by atoms with E-state index >= 15 is 0 Å². The molecule has 1 N–H and O–H groups in total. The second kappa shape index (κ2) is 8.20. The van der Waals surface area contributed by atoms with E-state index in [0.29, 0.717) is 30.2 Å². The molecule has 0 bridgehead atoms. The topological polar surface area (TPSA) is 66.0 Å². The van der Waals surface area contributed by atoms with Gasteiger partial charge in [-0.1, -0.05) is 6.07 Å². The molecule has 27 heavy (non-hydrogen) atoms. The van der Waals surface area contributed by atoms with Crippen molar-refractivity contribution in [2.45, 2.75) is 32.9 Å². The number of para-hydroxylation sites is 1. The molecule has 2 aromatic carbocycles. The number of benzene rings is 2. The minimum absolute atomic E-state index is 0.153. The highest BCUT2D eigenvalue weighted by Gasteiger charge is 2.22. The highest BCUT2D eigenvalue weighted by Crippen LogP contribution is 2.35. The van der Waals surface area contributed by atoms with Gasteiger partial charge in [-0.2, -0.15) is 0 Å². The molecule has 0 saturated heterocycles. The van der Waals surface area contributed by atoms with Crippen molar-refractivity contribution in [1.82, 2.24) is 5.32 Å². The zero-order chi connectivity index (χ0) is 19.4. The van der Waals surface area contributed by atoms with Crippen LogP contribution in [0.2, 0.25) is 0 Å². The van der Waals surface area contributed by atoms with E-state index in [-0.39, 0.29) is 12.0 Å². The summed E-state index contributed by atoms with van der Waals surface area (Å²) in [6.07, 6.45) is 1.02. The zero-order valence-corrected chi connectivity index (χ0v) is 16.1. The van der Waals surface area contributed by atoms with Crippen LogP contribution in [0.15, 0.2) is 30.3 Å². The SMILES string of the molecule is CCOc1cc2c(cc1CNC(=O)c1cccc(OC)c1OC)O[C@@H](C)C2. The number of nitrogens with one attached hydrogen (secondary N) is 1. The van der Waals surface area contributed by atoms with Crippen LogP contribution in [0.25, 0.3) is 0 Å². The minimum Gasteiger partial charge on any atom is -0.494 e. The predicted octanol–water partition coefficient (Wildman–Crippen LogP) is 3.36. The van der Waals surface area contributed by atoms with Gasteiger partial charge < -0.3 is 24.3 Å². The molecule has 0 aromatic heterocycles. The van der Waals surface area contributed by atoms with Gasteiger partial charge in [0.1, 0.15) is 17.6 Å². The monoisotopic (exact) mass is 371 g/mol. The van der Waals surface area contributed by atoms with Crippen LogP contribution >= 0.6 is 0 Å². The number of hydrogen-bond donors (Lipinski definition) is 1. The Balaban J connectivity index is 1.81. The number of carbonyl (C=O) groups is 1. The number of methoxy groups -OCH3 is 2. The second-order valence-electron chi connectivity index (χ2n) is 6.36. The first kappa shape index (κ1) is 18.9. The van der Waals surface area contributed by atoms with E-state index in [9.17, 15) is 4.79 Å². The molecule has 1 heterocycles. The molecule has 0 saturated carbocycles. The van der Waals surface area contributed by atoms with E-state index < -0.39 is 0 Å². The van der Waals surface area contributed by atoms with E-state index in [1.807, 2.05) is 26.0 Å². The van der Waals surface area contributed by atoms with Gasteiger partial charge in [-0.25, -0.2) is 0 Å². The Labute approximate surface area is 159 Å². The molecule has 6 heteroatoms. The molecule has 144 valence electrons. The smallest absolute Gasteiger partial charge is 0.255 e. The number of fused-ring (bicyclic) bond motifs is 1. The lowest BCUT2D eigenvalue weighted by Gasteiger charge is -2.15. The van der Waals surface area contributed by atoms with E-state index in [4.69, 9.17) is 18.9 Å². The first-order chi connectivity index (χ1) is 13.1. The normalized spacial score (nSPS) is 14.9. The summed E-state index contributed by atoms with van der Waals surface area (Å²) in [5.74, 6) is 2.30. The van der Waals surface area contributed by atoms with Crippen molar-refractivity contribution in [2.24, 2.45) is 0 Å². The highest BCUT2D eigenvalue weighted by molar-refractivity contribution is 5.97. The maximum Gasteiger partial charge on any atom is 0.255 e. The molecule has 0 spiro atoms. The first-order valence-corrected chi connectivity index (χ1v) is 9.01. The van der Waals surface area contributed by atoms with E-state index in [0.717, 1.165) is 29.0 Å². The minimum atomic E-state index is -0.247. The lowest BCUT2D eigenvalue weighted by Crippen LogP contribution is -2.24. The molecule has 2 aromatic rings. The Kier molecular flexibility index (Phi) is 5.74. The summed E-state index contributed by atoms with van der Waals surface area (Å²) < 4.78 is 22.2. The molecule has 0 radical (unpaired) electrons. The number of amides is 1. The lowest BCUT2D eigenvalue weighted by atomic mass is 10.1. The molecule has 0 fully saturated rings. The average molecular weight is 371 g/mol. The third kappa shape index (κ3) is 3.94. The zero-order valence-electron chi connectivity index (χ0n) is 16.1. The molecule has 6 nitrogen and oxygen atoms in total. The summed E-state index contributed by atoms with van der Waals surface area (Å²) in [5.41, 5.74) is 2.43. The first-order valence-electron chi connectivity index (χ1n) is 9.01. The highest BCUT2D eigenvalue weighted by atomic mass is 16.5. The summed E-state index contributed by atoms with van der Waals surface area (Å²) in [5, 5.41) is 2.93. The third-order valence-corrected chi connectivity index (χ3v) is 4.47. The van der Waals surface area contributed by atoms with Crippen LogP contribution in [-0.4, -0.2) is 32.8 Å². The Morgan fingerprint density at radius 2 is 2.04 bits per heavy atom. The summed E-state index contributed by atoms with van der Waals surface area (Å²) >= 11 is 0. The van der Waals surface area contributed by atoms with Gasteiger partial charge in [0.05, 0.1) is 26.4 Å². The average Bonchev–Trinajstić information content (AvgIpc) is 3.04. The molecule has 1 aliphatic heterocycles. The van der Waals surface area contributed by atoms with Crippen LogP contribution in [0.1, 0.15) is 35.3 Å². The quantitative estimate of drug-likeness (QED) is 0.808. The fraction of sp³-hybridized carbons (Fsp3) is 0.381. The lowest BCUT2D eigenvalue weighted by molar-refractivity contribution is 0.0947. The molecule has 3 rings (SSSR count). The van der Waals surface area contributed by atoms with Gasteiger partial charge in [-0.15, -0.1) is 0 Å². The Morgan fingerprint density at radius 1 is 1.22 bits per heavy atom. The van der Waals surface area contributed by atoms with Crippen LogP contribution in [0.5, 0.6) is 23.0 Å². The predicted molar refractivity (Wildman–Crippen MR) is 102 cm³/mol. The fourth-order valence-corrected chi connectivity index (χ4v) is 3.25. The van der Waals surface area contributed by atoms with Gasteiger partial charge in [0.25, 0.3) is 5.91 Å². The number of rotatable bonds is 7. The molecule has 0 unspecified atom stereocenters. The van der Waals surface area contributed by atoms with Crippen molar-refractivity contribution in [1.29, 1.82) is 0 Å². The van der Waals surface area contributed by atoms with Crippen LogP contribution in [0.3, 0.4) is 0 Å². The molecular formula is C21H25NO5. The van der Waals surface area contributed by atoms with Crippen LogP contribution in [0.4, 0.5) is 0 Å².